The van der Waals surface area contributed by atoms with Crippen molar-refractivity contribution in [3.05, 3.63) is 59.9 Å². The average molecular weight is 461 g/mol. The van der Waals surface area contributed by atoms with Gasteiger partial charge in [0.05, 0.1) is 24.3 Å². The molecule has 7 nitrogen and oxygen atoms in total. The van der Waals surface area contributed by atoms with Crippen LogP contribution in [0.3, 0.4) is 0 Å². The Morgan fingerprint density at radius 3 is 2.50 bits per heavy atom. The minimum absolute atomic E-state index is 0.0456. The van der Waals surface area contributed by atoms with Gasteiger partial charge in [-0.15, -0.1) is 0 Å². The molecule has 2 aromatic heterocycles. The monoisotopic (exact) mass is 460 g/mol. The van der Waals surface area contributed by atoms with Gasteiger partial charge in [0.25, 0.3) is 5.91 Å². The number of hydrogen-bond donors (Lipinski definition) is 1. The van der Waals surface area contributed by atoms with Crippen molar-refractivity contribution in [2.24, 2.45) is 5.92 Å². The van der Waals surface area contributed by atoms with Gasteiger partial charge in [0.1, 0.15) is 5.52 Å². The maximum atomic E-state index is 13.2. The van der Waals surface area contributed by atoms with Gasteiger partial charge in [0, 0.05) is 44.6 Å². The largest absolute Gasteiger partial charge is 0.378 e. The number of fused-ring (bicyclic) bond motifs is 1. The van der Waals surface area contributed by atoms with Crippen molar-refractivity contribution in [3.8, 4) is 0 Å². The van der Waals surface area contributed by atoms with E-state index >= 15 is 0 Å². The van der Waals surface area contributed by atoms with Gasteiger partial charge in [-0.3, -0.25) is 14.6 Å². The predicted octanol–water partition coefficient (Wildman–Crippen LogP) is 4.44. The molecule has 1 saturated carbocycles. The molecular formula is C27H32N4O3. The average Bonchev–Trinajstić information content (AvgIpc) is 3.23. The van der Waals surface area contributed by atoms with Crippen LogP contribution in [-0.4, -0.2) is 52.6 Å². The number of ether oxygens (including phenoxy) is 1. The van der Waals surface area contributed by atoms with Gasteiger partial charge in [-0.1, -0.05) is 12.1 Å². The van der Waals surface area contributed by atoms with Crippen molar-refractivity contribution in [1.29, 1.82) is 0 Å². The van der Waals surface area contributed by atoms with E-state index in [-0.39, 0.29) is 11.8 Å². The van der Waals surface area contributed by atoms with E-state index in [4.69, 9.17) is 4.74 Å². The van der Waals surface area contributed by atoms with Crippen LogP contribution in [0.15, 0.2) is 48.8 Å². The number of nitrogens with one attached hydrogen (secondary N) is 1. The number of morpholine rings is 1. The first-order valence-corrected chi connectivity index (χ1v) is 12.3. The third kappa shape index (κ3) is 4.85. The Bertz CT molecular complexity index is 1160. The van der Waals surface area contributed by atoms with Crippen LogP contribution in [0.4, 0.5) is 5.69 Å². The number of pyridine rings is 1. The summed E-state index contributed by atoms with van der Waals surface area (Å²) < 4.78 is 7.65. The lowest BCUT2D eigenvalue weighted by Gasteiger charge is -2.29. The Morgan fingerprint density at radius 1 is 1.06 bits per heavy atom. The summed E-state index contributed by atoms with van der Waals surface area (Å²) >= 11 is 0. The van der Waals surface area contributed by atoms with E-state index in [0.717, 1.165) is 48.9 Å². The van der Waals surface area contributed by atoms with E-state index in [0.29, 0.717) is 43.7 Å². The summed E-state index contributed by atoms with van der Waals surface area (Å²) in [6, 6.07) is 12.3. The molecule has 1 N–H and O–H groups in total. The van der Waals surface area contributed by atoms with Gasteiger partial charge in [-0.05, 0) is 67.3 Å². The standard InChI is InChI=1S/C27H32N4O3/c1-19(32)29-23-10-8-22(9-11-23)21-6-4-20(5-7-21)17-31-18-24(26-25(31)3-2-12-28-26)27(33)30-13-15-34-16-14-30/h2-3,8-12,18,20-21H,4-7,13-17H2,1H3,(H,29,32). The summed E-state index contributed by atoms with van der Waals surface area (Å²) in [5.41, 5.74) is 4.73. The molecular weight excluding hydrogens is 428 g/mol. The van der Waals surface area contributed by atoms with Gasteiger partial charge in [0.2, 0.25) is 5.91 Å². The number of carbonyl (C=O) groups excluding carboxylic acids is 2. The van der Waals surface area contributed by atoms with Crippen LogP contribution in [0, 0.1) is 5.92 Å². The fourth-order valence-corrected chi connectivity index (χ4v) is 5.37. The molecule has 0 atom stereocenters. The molecule has 1 aliphatic carbocycles. The smallest absolute Gasteiger partial charge is 0.257 e. The lowest BCUT2D eigenvalue weighted by Crippen LogP contribution is -2.40. The second-order valence-electron chi connectivity index (χ2n) is 9.49. The van der Waals surface area contributed by atoms with Crippen molar-refractivity contribution in [3.63, 3.8) is 0 Å². The van der Waals surface area contributed by atoms with Gasteiger partial charge in [-0.2, -0.15) is 0 Å². The highest BCUT2D eigenvalue weighted by molar-refractivity contribution is 6.05. The number of carbonyl (C=O) groups is 2. The summed E-state index contributed by atoms with van der Waals surface area (Å²) in [6.07, 6.45) is 8.41. The van der Waals surface area contributed by atoms with Crippen molar-refractivity contribution in [2.75, 3.05) is 31.6 Å². The molecule has 178 valence electrons. The van der Waals surface area contributed by atoms with Crippen molar-refractivity contribution in [2.45, 2.75) is 45.1 Å². The maximum absolute atomic E-state index is 13.2. The van der Waals surface area contributed by atoms with E-state index in [1.54, 1.807) is 6.20 Å². The van der Waals surface area contributed by atoms with Crippen LogP contribution in [0.5, 0.6) is 0 Å². The highest BCUT2D eigenvalue weighted by atomic mass is 16.5. The summed E-state index contributed by atoms with van der Waals surface area (Å²) in [5, 5.41) is 2.83. The number of anilines is 1. The number of rotatable bonds is 5. The molecule has 3 aromatic rings. The molecule has 3 heterocycles. The van der Waals surface area contributed by atoms with Crippen molar-refractivity contribution < 1.29 is 14.3 Å². The van der Waals surface area contributed by atoms with Crippen LogP contribution in [0.25, 0.3) is 11.0 Å². The molecule has 0 bridgehead atoms. The van der Waals surface area contributed by atoms with Crippen LogP contribution >= 0.6 is 0 Å². The van der Waals surface area contributed by atoms with Crippen molar-refractivity contribution in [1.82, 2.24) is 14.5 Å². The molecule has 0 unspecified atom stereocenters. The lowest BCUT2D eigenvalue weighted by molar-refractivity contribution is -0.114. The van der Waals surface area contributed by atoms with Crippen LogP contribution in [0.1, 0.15) is 54.4 Å². The third-order valence-corrected chi connectivity index (χ3v) is 7.17. The molecule has 1 aliphatic heterocycles. The summed E-state index contributed by atoms with van der Waals surface area (Å²) in [6.45, 7) is 4.89. The van der Waals surface area contributed by atoms with Crippen molar-refractivity contribution >= 4 is 28.5 Å². The van der Waals surface area contributed by atoms with Gasteiger partial charge in [0.15, 0.2) is 0 Å². The highest BCUT2D eigenvalue weighted by Gasteiger charge is 2.26. The summed E-state index contributed by atoms with van der Waals surface area (Å²) in [5.74, 6) is 1.15. The van der Waals surface area contributed by atoms with Crippen LogP contribution in [0.2, 0.25) is 0 Å². The Balaban J connectivity index is 1.25. The molecule has 2 aliphatic rings. The molecule has 1 saturated heterocycles. The molecule has 1 aromatic carbocycles. The third-order valence-electron chi connectivity index (χ3n) is 7.17. The molecule has 0 radical (unpaired) electrons. The zero-order valence-corrected chi connectivity index (χ0v) is 19.7. The molecule has 34 heavy (non-hydrogen) atoms. The molecule has 0 spiro atoms. The highest BCUT2D eigenvalue weighted by Crippen LogP contribution is 2.37. The van der Waals surface area contributed by atoms with Gasteiger partial charge < -0.3 is 19.5 Å². The Morgan fingerprint density at radius 2 is 1.79 bits per heavy atom. The van der Waals surface area contributed by atoms with E-state index in [1.807, 2.05) is 29.3 Å². The molecule has 2 fully saturated rings. The Hall–Kier alpha value is -3.19. The van der Waals surface area contributed by atoms with E-state index in [2.05, 4.69) is 33.1 Å². The quantitative estimate of drug-likeness (QED) is 0.611. The van der Waals surface area contributed by atoms with E-state index in [9.17, 15) is 9.59 Å². The first kappa shape index (κ1) is 22.6. The first-order valence-electron chi connectivity index (χ1n) is 12.3. The van der Waals surface area contributed by atoms with E-state index < -0.39 is 0 Å². The number of benzene rings is 1. The van der Waals surface area contributed by atoms with Crippen LogP contribution in [-0.2, 0) is 16.1 Å². The maximum Gasteiger partial charge on any atom is 0.257 e. The topological polar surface area (TPSA) is 76.5 Å². The molecule has 5 rings (SSSR count). The Kier molecular flexibility index (Phi) is 6.63. The second kappa shape index (κ2) is 9.97. The Labute approximate surface area is 200 Å². The first-order chi connectivity index (χ1) is 16.6. The minimum atomic E-state index is -0.0456. The summed E-state index contributed by atoms with van der Waals surface area (Å²) in [4.78, 5) is 30.9. The second-order valence-corrected chi connectivity index (χ2v) is 9.49. The molecule has 7 heteroatoms. The minimum Gasteiger partial charge on any atom is -0.378 e. The number of amides is 2. The van der Waals surface area contributed by atoms with E-state index in [1.165, 1.54) is 12.5 Å². The normalized spacial score (nSPS) is 20.9. The number of hydrogen-bond acceptors (Lipinski definition) is 4. The molecule has 2 amide bonds. The number of aromatic nitrogens is 2. The van der Waals surface area contributed by atoms with Gasteiger partial charge >= 0.3 is 0 Å². The zero-order chi connectivity index (χ0) is 23.5. The fourth-order valence-electron chi connectivity index (χ4n) is 5.37. The number of nitrogens with zero attached hydrogens (tertiary/aromatic N) is 3. The predicted molar refractivity (Wildman–Crippen MR) is 132 cm³/mol. The van der Waals surface area contributed by atoms with Gasteiger partial charge in [-0.25, -0.2) is 0 Å². The summed E-state index contributed by atoms with van der Waals surface area (Å²) in [7, 11) is 0. The van der Waals surface area contributed by atoms with Crippen LogP contribution < -0.4 is 5.32 Å². The SMILES string of the molecule is CC(=O)Nc1ccc(C2CCC(Cn3cc(C(=O)N4CCOCC4)c4ncccc43)CC2)cc1. The fraction of sp³-hybridized carbons (Fsp3) is 0.444. The lowest BCUT2D eigenvalue weighted by atomic mass is 9.78. The zero-order valence-electron chi connectivity index (χ0n) is 19.7.